The number of thioether (sulfide) groups is 2. The fourth-order valence-corrected chi connectivity index (χ4v) is 4.17. The first-order valence-corrected chi connectivity index (χ1v) is 10.8. The van der Waals surface area contributed by atoms with Gasteiger partial charge in [-0.2, -0.15) is 11.8 Å². The van der Waals surface area contributed by atoms with Crippen LogP contribution in [0.25, 0.3) is 0 Å². The van der Waals surface area contributed by atoms with Gasteiger partial charge in [-0.25, -0.2) is 4.98 Å². The fraction of sp³-hybridized carbons (Fsp3) is 0.368. The number of nitrogens with one attached hydrogen (secondary N) is 1. The lowest BCUT2D eigenvalue weighted by Gasteiger charge is -2.26. The van der Waals surface area contributed by atoms with Crippen LogP contribution in [0.1, 0.15) is 29.9 Å². The summed E-state index contributed by atoms with van der Waals surface area (Å²) in [4.78, 5) is 45.2. The van der Waals surface area contributed by atoms with Gasteiger partial charge in [0.1, 0.15) is 5.75 Å². The van der Waals surface area contributed by atoms with Crippen molar-refractivity contribution in [1.29, 1.82) is 0 Å². The molecule has 0 saturated carbocycles. The zero-order valence-electron chi connectivity index (χ0n) is 15.9. The zero-order valence-corrected chi connectivity index (χ0v) is 17.5. The molecule has 0 fully saturated rings. The maximum absolute atomic E-state index is 12.9. The summed E-state index contributed by atoms with van der Waals surface area (Å²) in [5.41, 5.74) is 1.52. The van der Waals surface area contributed by atoms with Crippen molar-refractivity contribution in [1.82, 2.24) is 9.97 Å². The van der Waals surface area contributed by atoms with Crippen LogP contribution in [0.15, 0.2) is 34.2 Å². The summed E-state index contributed by atoms with van der Waals surface area (Å²) in [6, 6.07) is 6.53. The van der Waals surface area contributed by atoms with Crippen molar-refractivity contribution >= 4 is 40.9 Å². The molecule has 0 saturated heterocycles. The minimum absolute atomic E-state index is 0.00522. The van der Waals surface area contributed by atoms with Gasteiger partial charge < -0.3 is 14.6 Å². The Bertz CT molecular complexity index is 960. The number of carbonyl (C=O) groups excluding carboxylic acids is 2. The van der Waals surface area contributed by atoms with Crippen LogP contribution >= 0.6 is 23.5 Å². The minimum Gasteiger partial charge on any atom is -0.482 e. The number of ether oxygens (including phenoxy) is 1. The lowest BCUT2D eigenvalue weighted by Crippen LogP contribution is -2.35. The van der Waals surface area contributed by atoms with Crippen molar-refractivity contribution in [3.05, 3.63) is 45.9 Å². The molecule has 9 heteroatoms. The number of ketones is 1. The molecule has 1 atom stereocenters. The summed E-state index contributed by atoms with van der Waals surface area (Å²) in [6.45, 7) is 3.81. The molecule has 3 rings (SSSR count). The molecule has 0 radical (unpaired) electrons. The largest absolute Gasteiger partial charge is 0.482 e. The Morgan fingerprint density at radius 3 is 2.89 bits per heavy atom. The van der Waals surface area contributed by atoms with Gasteiger partial charge in [0.05, 0.1) is 16.6 Å². The van der Waals surface area contributed by atoms with Gasteiger partial charge in [0.15, 0.2) is 17.5 Å². The Hall–Kier alpha value is -2.26. The molecule has 0 aliphatic carbocycles. The van der Waals surface area contributed by atoms with E-state index in [4.69, 9.17) is 4.74 Å². The zero-order chi connectivity index (χ0) is 20.3. The Morgan fingerprint density at radius 1 is 1.36 bits per heavy atom. The summed E-state index contributed by atoms with van der Waals surface area (Å²) in [7, 11) is 1.66. The number of anilines is 1. The normalized spacial score (nSPS) is 14.4. The van der Waals surface area contributed by atoms with Gasteiger partial charge in [-0.15, -0.1) is 0 Å². The van der Waals surface area contributed by atoms with Crippen molar-refractivity contribution in [3.63, 3.8) is 0 Å². The Balaban J connectivity index is 1.77. The first-order chi connectivity index (χ1) is 13.4. The topological polar surface area (TPSA) is 92.4 Å². The number of benzene rings is 1. The molecule has 1 aliphatic heterocycles. The van der Waals surface area contributed by atoms with Crippen molar-refractivity contribution in [2.45, 2.75) is 30.0 Å². The maximum Gasteiger partial charge on any atom is 0.264 e. The number of amides is 1. The van der Waals surface area contributed by atoms with E-state index in [0.717, 1.165) is 5.75 Å². The van der Waals surface area contributed by atoms with E-state index in [1.165, 1.54) is 22.7 Å². The molecule has 2 aromatic rings. The maximum atomic E-state index is 12.9. The monoisotopic (exact) mass is 419 g/mol. The highest BCUT2D eigenvalue weighted by molar-refractivity contribution is 8.00. The number of rotatable bonds is 7. The average molecular weight is 420 g/mol. The van der Waals surface area contributed by atoms with Crippen LogP contribution in [-0.2, 0) is 10.5 Å². The predicted molar refractivity (Wildman–Crippen MR) is 112 cm³/mol. The second-order valence-corrected chi connectivity index (χ2v) is 8.83. The van der Waals surface area contributed by atoms with Crippen LogP contribution in [0.4, 0.5) is 5.69 Å². The molecular formula is C19H21N3O4S2. The number of fused-ring (bicyclic) bond motifs is 1. The number of nitrogens with zero attached hydrogens (tertiary/aromatic N) is 2. The van der Waals surface area contributed by atoms with Gasteiger partial charge in [-0.3, -0.25) is 14.4 Å². The van der Waals surface area contributed by atoms with Crippen LogP contribution in [-0.4, -0.2) is 46.3 Å². The molecule has 1 aliphatic rings. The standard InChI is InChI=1S/C19H21N3O4S2/c1-4-27-10-13-8-16(23)21-19(20-13)28-11(2)18(25)12-5-6-15-14(7-12)22(3)17(24)9-26-15/h5-8,11H,4,9-10H2,1-3H3,(H,20,21,23). The molecule has 7 nitrogen and oxygen atoms in total. The van der Waals surface area contributed by atoms with Gasteiger partial charge in [-0.1, -0.05) is 18.7 Å². The molecule has 0 bridgehead atoms. The number of hydrogen-bond acceptors (Lipinski definition) is 7. The summed E-state index contributed by atoms with van der Waals surface area (Å²) in [5, 5.41) is -0.0329. The third-order valence-electron chi connectivity index (χ3n) is 4.21. The number of H-pyrrole nitrogens is 1. The molecule has 1 aromatic carbocycles. The lowest BCUT2D eigenvalue weighted by molar-refractivity contribution is -0.120. The van der Waals surface area contributed by atoms with E-state index in [-0.39, 0.29) is 23.9 Å². The third kappa shape index (κ3) is 4.59. The molecular weight excluding hydrogens is 398 g/mol. The number of carbonyl (C=O) groups is 2. The second kappa shape index (κ2) is 8.83. The second-order valence-electron chi connectivity index (χ2n) is 6.23. The molecule has 1 amide bonds. The van der Waals surface area contributed by atoms with Gasteiger partial charge in [0.2, 0.25) is 0 Å². The lowest BCUT2D eigenvalue weighted by atomic mass is 10.1. The van der Waals surface area contributed by atoms with E-state index in [1.807, 2.05) is 6.92 Å². The van der Waals surface area contributed by atoms with E-state index in [9.17, 15) is 14.4 Å². The van der Waals surface area contributed by atoms with Crippen molar-refractivity contribution in [2.24, 2.45) is 0 Å². The number of likely N-dealkylation sites (N-methyl/N-ethyl adjacent to an activating group) is 1. The molecule has 28 heavy (non-hydrogen) atoms. The Kier molecular flexibility index (Phi) is 6.46. The van der Waals surface area contributed by atoms with Crippen molar-refractivity contribution in [2.75, 3.05) is 24.3 Å². The predicted octanol–water partition coefficient (Wildman–Crippen LogP) is 2.74. The highest BCUT2D eigenvalue weighted by Crippen LogP contribution is 2.33. The van der Waals surface area contributed by atoms with Gasteiger partial charge in [-0.05, 0) is 30.9 Å². The summed E-state index contributed by atoms with van der Waals surface area (Å²) < 4.78 is 5.40. The van der Waals surface area contributed by atoms with Crippen LogP contribution < -0.4 is 15.2 Å². The van der Waals surface area contributed by atoms with E-state index >= 15 is 0 Å². The molecule has 2 heterocycles. The fourth-order valence-electron chi connectivity index (χ4n) is 2.70. The number of aromatic amines is 1. The number of hydrogen-bond donors (Lipinski definition) is 1. The van der Waals surface area contributed by atoms with Crippen LogP contribution in [0.3, 0.4) is 0 Å². The average Bonchev–Trinajstić information content (AvgIpc) is 2.68. The third-order valence-corrected chi connectivity index (χ3v) is 6.11. The Labute approximate surface area is 171 Å². The van der Waals surface area contributed by atoms with E-state index in [1.54, 1.807) is 43.9 Å². The van der Waals surface area contributed by atoms with Gasteiger partial charge in [0, 0.05) is 24.4 Å². The number of aromatic nitrogens is 2. The van der Waals surface area contributed by atoms with Gasteiger partial charge in [0.25, 0.3) is 11.5 Å². The molecule has 1 N–H and O–H groups in total. The molecule has 0 spiro atoms. The number of Topliss-reactive ketones (excluding diaryl/α,β-unsaturated/α-hetero) is 1. The van der Waals surface area contributed by atoms with Gasteiger partial charge >= 0.3 is 0 Å². The summed E-state index contributed by atoms with van der Waals surface area (Å²) in [5.74, 6) is 1.89. The highest BCUT2D eigenvalue weighted by Gasteiger charge is 2.25. The first kappa shape index (κ1) is 20.5. The molecule has 1 unspecified atom stereocenters. The van der Waals surface area contributed by atoms with Crippen molar-refractivity contribution < 1.29 is 14.3 Å². The minimum atomic E-state index is -0.458. The first-order valence-electron chi connectivity index (χ1n) is 8.81. The van der Waals surface area contributed by atoms with Crippen LogP contribution in [0, 0.1) is 0 Å². The molecule has 148 valence electrons. The summed E-state index contributed by atoms with van der Waals surface area (Å²) in [6.07, 6.45) is 0. The van der Waals surface area contributed by atoms with E-state index < -0.39 is 5.25 Å². The van der Waals surface area contributed by atoms with Crippen molar-refractivity contribution in [3.8, 4) is 5.75 Å². The molecule has 1 aromatic heterocycles. The van der Waals surface area contributed by atoms with E-state index in [0.29, 0.717) is 33.6 Å². The smallest absolute Gasteiger partial charge is 0.264 e. The quantitative estimate of drug-likeness (QED) is 0.419. The van der Waals surface area contributed by atoms with Crippen LogP contribution in [0.2, 0.25) is 0 Å². The Morgan fingerprint density at radius 2 is 2.14 bits per heavy atom. The van der Waals surface area contributed by atoms with E-state index in [2.05, 4.69) is 9.97 Å². The van der Waals surface area contributed by atoms with Crippen LogP contribution in [0.5, 0.6) is 5.75 Å². The SMILES string of the molecule is CCSCc1cc(=O)[nH]c(SC(C)C(=O)c2ccc3c(c2)N(C)C(=O)CO3)n1. The highest BCUT2D eigenvalue weighted by atomic mass is 32.2. The summed E-state index contributed by atoms with van der Waals surface area (Å²) >= 11 is 2.89.